The Morgan fingerprint density at radius 2 is 1.94 bits per heavy atom. The van der Waals surface area contributed by atoms with Crippen molar-refractivity contribution in [3.63, 3.8) is 0 Å². The van der Waals surface area contributed by atoms with Gasteiger partial charge in [-0.2, -0.15) is 5.26 Å². The van der Waals surface area contributed by atoms with Crippen LogP contribution in [0.25, 0.3) is 0 Å². The molecule has 2 rings (SSSR count). The van der Waals surface area contributed by atoms with Crippen molar-refractivity contribution >= 4 is 37.5 Å². The van der Waals surface area contributed by atoms with Crippen LogP contribution in [0.2, 0.25) is 0 Å². The Hall–Kier alpha value is -0.530. The van der Waals surface area contributed by atoms with E-state index in [0.717, 1.165) is 34.0 Å². The predicted molar refractivity (Wildman–Crippen MR) is 72.2 cm³/mol. The van der Waals surface area contributed by atoms with Gasteiger partial charge >= 0.3 is 0 Å². The smallest absolute Gasteiger partial charge is 0.0629 e. The molecular formula is C12H12Br2N2. The third-order valence-corrected chi connectivity index (χ3v) is 4.34. The SMILES string of the molecule is N#CCC1(CNc2c(Br)cccc2Br)CC1. The Bertz CT molecular complexity index is 413. The Morgan fingerprint density at radius 1 is 1.31 bits per heavy atom. The quantitative estimate of drug-likeness (QED) is 0.883. The molecule has 1 aliphatic carbocycles. The minimum atomic E-state index is 0.226. The zero-order valence-corrected chi connectivity index (χ0v) is 11.9. The van der Waals surface area contributed by atoms with E-state index in [4.69, 9.17) is 5.26 Å². The van der Waals surface area contributed by atoms with Gasteiger partial charge in [0.05, 0.1) is 11.8 Å². The minimum Gasteiger partial charge on any atom is -0.383 e. The van der Waals surface area contributed by atoms with Crippen LogP contribution in [-0.2, 0) is 0 Å². The summed E-state index contributed by atoms with van der Waals surface area (Å²) in [5.41, 5.74) is 1.30. The summed E-state index contributed by atoms with van der Waals surface area (Å²) >= 11 is 7.03. The van der Waals surface area contributed by atoms with E-state index in [1.807, 2.05) is 18.2 Å². The molecule has 2 nitrogen and oxygen atoms in total. The van der Waals surface area contributed by atoms with E-state index in [9.17, 15) is 0 Å². The molecule has 1 aliphatic rings. The number of nitriles is 1. The van der Waals surface area contributed by atoms with Crippen LogP contribution in [0, 0.1) is 16.7 Å². The highest BCUT2D eigenvalue weighted by molar-refractivity contribution is 9.11. The number of anilines is 1. The maximum absolute atomic E-state index is 8.75. The highest BCUT2D eigenvalue weighted by atomic mass is 79.9. The molecule has 1 N–H and O–H groups in total. The average Bonchev–Trinajstić information content (AvgIpc) is 2.98. The molecule has 0 bridgehead atoms. The molecule has 0 saturated heterocycles. The van der Waals surface area contributed by atoms with Crippen LogP contribution in [0.4, 0.5) is 5.69 Å². The van der Waals surface area contributed by atoms with Gasteiger partial charge in [-0.05, 0) is 56.8 Å². The summed E-state index contributed by atoms with van der Waals surface area (Å²) in [6.45, 7) is 0.877. The molecule has 0 radical (unpaired) electrons. The van der Waals surface area contributed by atoms with E-state index in [1.165, 1.54) is 0 Å². The third-order valence-electron chi connectivity index (χ3n) is 3.01. The third kappa shape index (κ3) is 2.58. The first-order valence-corrected chi connectivity index (χ1v) is 6.80. The van der Waals surface area contributed by atoms with E-state index >= 15 is 0 Å². The van der Waals surface area contributed by atoms with Crippen LogP contribution in [-0.4, -0.2) is 6.54 Å². The molecule has 0 aliphatic heterocycles. The van der Waals surface area contributed by atoms with Gasteiger partial charge < -0.3 is 5.32 Å². The normalized spacial score (nSPS) is 16.6. The summed E-state index contributed by atoms with van der Waals surface area (Å²) in [6.07, 6.45) is 2.98. The standard InChI is InChI=1S/C12H12Br2N2/c13-9-2-1-3-10(14)11(9)16-8-12(4-5-12)6-7-15/h1-3,16H,4-6,8H2. The summed E-state index contributed by atoms with van der Waals surface area (Å²) < 4.78 is 2.10. The Kier molecular flexibility index (Phi) is 3.56. The molecule has 0 atom stereocenters. The van der Waals surface area contributed by atoms with Crippen molar-refractivity contribution in [3.05, 3.63) is 27.1 Å². The van der Waals surface area contributed by atoms with Crippen LogP contribution >= 0.6 is 31.9 Å². The summed E-state index contributed by atoms with van der Waals surface area (Å²) in [5, 5.41) is 12.2. The van der Waals surface area contributed by atoms with Crippen LogP contribution in [0.1, 0.15) is 19.3 Å². The minimum absolute atomic E-state index is 0.226. The summed E-state index contributed by atoms with van der Waals surface area (Å²) in [5.74, 6) is 0. The molecule has 1 saturated carbocycles. The van der Waals surface area contributed by atoms with Crippen molar-refractivity contribution < 1.29 is 0 Å². The van der Waals surface area contributed by atoms with E-state index in [-0.39, 0.29) is 5.41 Å². The Morgan fingerprint density at radius 3 is 2.44 bits per heavy atom. The van der Waals surface area contributed by atoms with Gasteiger partial charge in [-0.15, -0.1) is 0 Å². The lowest BCUT2D eigenvalue weighted by atomic mass is 10.0. The van der Waals surface area contributed by atoms with Gasteiger partial charge in [-0.25, -0.2) is 0 Å². The summed E-state index contributed by atoms with van der Waals surface area (Å²) in [7, 11) is 0. The first-order chi connectivity index (χ1) is 7.67. The first-order valence-electron chi connectivity index (χ1n) is 5.22. The van der Waals surface area contributed by atoms with Crippen LogP contribution < -0.4 is 5.32 Å². The lowest BCUT2D eigenvalue weighted by molar-refractivity contribution is 0.557. The largest absolute Gasteiger partial charge is 0.383 e. The fraction of sp³-hybridized carbons (Fsp3) is 0.417. The maximum Gasteiger partial charge on any atom is 0.0629 e. The molecule has 0 unspecified atom stereocenters. The lowest BCUT2D eigenvalue weighted by Crippen LogP contribution is -2.15. The molecule has 0 aromatic heterocycles. The molecule has 0 amide bonds. The molecule has 84 valence electrons. The lowest BCUT2D eigenvalue weighted by Gasteiger charge is -2.15. The number of halogens is 2. The van der Waals surface area contributed by atoms with Crippen molar-refractivity contribution in [2.45, 2.75) is 19.3 Å². The average molecular weight is 344 g/mol. The van der Waals surface area contributed by atoms with Crippen LogP contribution in [0.15, 0.2) is 27.1 Å². The molecule has 0 heterocycles. The first kappa shape index (κ1) is 11.9. The van der Waals surface area contributed by atoms with Gasteiger partial charge in [-0.3, -0.25) is 0 Å². The van der Waals surface area contributed by atoms with Crippen molar-refractivity contribution in [1.29, 1.82) is 5.26 Å². The summed E-state index contributed by atoms with van der Waals surface area (Å²) in [6, 6.07) is 8.28. The molecule has 0 spiro atoms. The van der Waals surface area contributed by atoms with Crippen LogP contribution in [0.5, 0.6) is 0 Å². The topological polar surface area (TPSA) is 35.8 Å². The fourth-order valence-corrected chi connectivity index (χ4v) is 2.98. The monoisotopic (exact) mass is 342 g/mol. The molecule has 1 aromatic carbocycles. The second-order valence-corrected chi connectivity index (χ2v) is 5.99. The van der Waals surface area contributed by atoms with Gasteiger partial charge in [0.15, 0.2) is 0 Å². The van der Waals surface area contributed by atoms with Crippen molar-refractivity contribution in [3.8, 4) is 6.07 Å². The van der Waals surface area contributed by atoms with E-state index in [0.29, 0.717) is 6.42 Å². The number of hydrogen-bond acceptors (Lipinski definition) is 2. The molecular weight excluding hydrogens is 332 g/mol. The number of hydrogen-bond donors (Lipinski definition) is 1. The summed E-state index contributed by atoms with van der Waals surface area (Å²) in [4.78, 5) is 0. The zero-order valence-electron chi connectivity index (χ0n) is 8.76. The van der Waals surface area contributed by atoms with Crippen molar-refractivity contribution in [2.24, 2.45) is 5.41 Å². The molecule has 1 aromatic rings. The van der Waals surface area contributed by atoms with Gasteiger partial charge in [0, 0.05) is 27.3 Å². The zero-order chi connectivity index (χ0) is 11.6. The van der Waals surface area contributed by atoms with Crippen molar-refractivity contribution in [1.82, 2.24) is 0 Å². The van der Waals surface area contributed by atoms with Gasteiger partial charge in [-0.1, -0.05) is 6.07 Å². The maximum atomic E-state index is 8.75. The van der Waals surface area contributed by atoms with Crippen LogP contribution in [0.3, 0.4) is 0 Å². The number of benzene rings is 1. The van der Waals surface area contributed by atoms with Gasteiger partial charge in [0.25, 0.3) is 0 Å². The Balaban J connectivity index is 2.03. The van der Waals surface area contributed by atoms with Gasteiger partial charge in [0.1, 0.15) is 0 Å². The number of para-hydroxylation sites is 1. The van der Waals surface area contributed by atoms with Crippen molar-refractivity contribution in [2.75, 3.05) is 11.9 Å². The highest BCUT2D eigenvalue weighted by Gasteiger charge is 2.42. The predicted octanol–water partition coefficient (Wildman–Crippen LogP) is 4.32. The highest BCUT2D eigenvalue weighted by Crippen LogP contribution is 2.49. The van der Waals surface area contributed by atoms with E-state index in [2.05, 4.69) is 43.2 Å². The Labute approximate surface area is 112 Å². The van der Waals surface area contributed by atoms with Gasteiger partial charge in [0.2, 0.25) is 0 Å². The number of nitrogens with zero attached hydrogens (tertiary/aromatic N) is 1. The molecule has 1 fully saturated rings. The molecule has 4 heteroatoms. The van der Waals surface area contributed by atoms with E-state index in [1.54, 1.807) is 0 Å². The second kappa shape index (κ2) is 4.77. The fourth-order valence-electron chi connectivity index (χ4n) is 1.70. The number of rotatable bonds is 4. The van der Waals surface area contributed by atoms with E-state index < -0.39 is 0 Å². The second-order valence-electron chi connectivity index (χ2n) is 4.29. The molecule has 16 heavy (non-hydrogen) atoms. The number of nitrogens with one attached hydrogen (secondary N) is 1.